The first-order valence-electron chi connectivity index (χ1n) is 6.64. The fourth-order valence-electron chi connectivity index (χ4n) is 1.90. The molecule has 1 nitrogen and oxygen atoms in total. The highest BCUT2D eigenvalue weighted by Gasteiger charge is 2.30. The Morgan fingerprint density at radius 1 is 1.21 bits per heavy atom. The minimum absolute atomic E-state index is 0.260. The van der Waals surface area contributed by atoms with Gasteiger partial charge in [0.05, 0.1) is 0 Å². The largest absolute Gasteiger partial charge is 0.381 e. The lowest BCUT2D eigenvalue weighted by atomic mass is 9.81. The molecule has 0 heterocycles. The van der Waals surface area contributed by atoms with Gasteiger partial charge in [-0.3, -0.25) is 0 Å². The van der Waals surface area contributed by atoms with Crippen molar-refractivity contribution < 1.29 is 9.13 Å². The average Bonchev–Trinajstić information content (AvgIpc) is 2.43. The minimum Gasteiger partial charge on any atom is -0.381 e. The molecule has 19 heavy (non-hydrogen) atoms. The Kier molecular flexibility index (Phi) is 7.74. The molecule has 0 saturated carbocycles. The molecule has 0 bridgehead atoms. The first-order valence-corrected chi connectivity index (χ1v) is 7.71. The van der Waals surface area contributed by atoms with Crippen LogP contribution < -0.4 is 0 Å². The van der Waals surface area contributed by atoms with Gasteiger partial charge >= 0.3 is 0 Å². The highest BCUT2D eigenvalue weighted by Crippen LogP contribution is 2.31. The molecule has 0 saturated heterocycles. The molecule has 0 fully saturated rings. The number of halogens is 3. The quantitative estimate of drug-likeness (QED) is 0.472. The summed E-state index contributed by atoms with van der Waals surface area (Å²) in [4.78, 5) is 0. The normalized spacial score (nSPS) is 11.8. The smallest absolute Gasteiger partial charge is 0.123 e. The molecule has 0 aromatic heterocycles. The van der Waals surface area contributed by atoms with E-state index in [1.54, 1.807) is 6.07 Å². The minimum atomic E-state index is -0.419. The van der Waals surface area contributed by atoms with Crippen LogP contribution in [0.1, 0.15) is 31.7 Å². The molecular weight excluding hydrogens is 286 g/mol. The van der Waals surface area contributed by atoms with Crippen molar-refractivity contribution in [2.45, 2.75) is 31.6 Å². The molecule has 0 N–H and O–H groups in total. The lowest BCUT2D eigenvalue weighted by Crippen LogP contribution is -2.32. The Balaban J connectivity index is 2.68. The van der Waals surface area contributed by atoms with Crippen molar-refractivity contribution in [1.82, 2.24) is 0 Å². The van der Waals surface area contributed by atoms with E-state index in [1.807, 2.05) is 6.07 Å². The monoisotopic (exact) mass is 306 g/mol. The number of hydrogen-bond acceptors (Lipinski definition) is 1. The fourth-order valence-corrected chi connectivity index (χ4v) is 2.76. The highest BCUT2D eigenvalue weighted by atomic mass is 35.5. The molecule has 1 rings (SSSR count). The van der Waals surface area contributed by atoms with E-state index in [0.717, 1.165) is 25.0 Å². The van der Waals surface area contributed by atoms with Crippen LogP contribution in [0.25, 0.3) is 0 Å². The van der Waals surface area contributed by atoms with Gasteiger partial charge in [-0.15, -0.1) is 23.2 Å². The molecule has 1 aromatic rings. The summed E-state index contributed by atoms with van der Waals surface area (Å²) in [5.74, 6) is 0.456. The summed E-state index contributed by atoms with van der Waals surface area (Å²) in [6.45, 7) is 3.47. The Bertz CT molecular complexity index is 367. The van der Waals surface area contributed by atoms with Crippen molar-refractivity contribution in [3.8, 4) is 0 Å². The summed E-state index contributed by atoms with van der Waals surface area (Å²) in [6, 6.07) is 6.50. The molecule has 0 atom stereocenters. The zero-order valence-corrected chi connectivity index (χ0v) is 12.8. The van der Waals surface area contributed by atoms with Gasteiger partial charge in [-0.25, -0.2) is 4.39 Å². The van der Waals surface area contributed by atoms with Gasteiger partial charge in [0.2, 0.25) is 0 Å². The second kappa shape index (κ2) is 8.78. The van der Waals surface area contributed by atoms with Crippen molar-refractivity contribution in [1.29, 1.82) is 0 Å². The summed E-state index contributed by atoms with van der Waals surface area (Å²) in [5.41, 5.74) is 0.425. The van der Waals surface area contributed by atoms with Crippen LogP contribution in [0.4, 0.5) is 4.39 Å². The van der Waals surface area contributed by atoms with Gasteiger partial charge in [0.15, 0.2) is 0 Å². The molecule has 0 amide bonds. The summed E-state index contributed by atoms with van der Waals surface area (Å²) in [6.07, 6.45) is 2.86. The standard InChI is InChI=1S/C15H21Cl2FO/c1-2-3-8-19-9-7-15(11-16,12-17)13-5-4-6-14(18)10-13/h4-6,10H,2-3,7-9,11-12H2,1H3. The maximum absolute atomic E-state index is 13.3. The maximum Gasteiger partial charge on any atom is 0.123 e. The van der Waals surface area contributed by atoms with Gasteiger partial charge in [-0.1, -0.05) is 25.5 Å². The van der Waals surface area contributed by atoms with Crippen molar-refractivity contribution >= 4 is 23.2 Å². The van der Waals surface area contributed by atoms with E-state index in [9.17, 15) is 4.39 Å². The van der Waals surface area contributed by atoms with Crippen molar-refractivity contribution in [3.63, 3.8) is 0 Å². The molecule has 0 aliphatic carbocycles. The van der Waals surface area contributed by atoms with E-state index < -0.39 is 5.41 Å². The topological polar surface area (TPSA) is 9.23 Å². The van der Waals surface area contributed by atoms with Crippen molar-refractivity contribution in [2.24, 2.45) is 0 Å². The molecule has 1 aromatic carbocycles. The van der Waals surface area contributed by atoms with Gasteiger partial charge < -0.3 is 4.74 Å². The summed E-state index contributed by atoms with van der Waals surface area (Å²) in [5, 5.41) is 0. The van der Waals surface area contributed by atoms with E-state index in [2.05, 4.69) is 6.92 Å². The first kappa shape index (κ1) is 16.7. The lowest BCUT2D eigenvalue weighted by Gasteiger charge is -2.30. The van der Waals surface area contributed by atoms with Crippen LogP contribution in [0.2, 0.25) is 0 Å². The van der Waals surface area contributed by atoms with E-state index >= 15 is 0 Å². The van der Waals surface area contributed by atoms with Crippen LogP contribution in [-0.4, -0.2) is 25.0 Å². The highest BCUT2D eigenvalue weighted by molar-refractivity contribution is 6.22. The molecule has 0 spiro atoms. The van der Waals surface area contributed by atoms with Crippen molar-refractivity contribution in [3.05, 3.63) is 35.6 Å². The lowest BCUT2D eigenvalue weighted by molar-refractivity contribution is 0.116. The Morgan fingerprint density at radius 3 is 2.53 bits per heavy atom. The predicted octanol–water partition coefficient (Wildman–Crippen LogP) is 4.75. The van der Waals surface area contributed by atoms with Crippen LogP contribution in [0.15, 0.2) is 24.3 Å². The summed E-state index contributed by atoms with van der Waals surface area (Å²) < 4.78 is 18.9. The molecule has 0 radical (unpaired) electrons. The molecule has 0 aliphatic heterocycles. The Labute approximate surface area is 125 Å². The van der Waals surface area contributed by atoms with Crippen molar-refractivity contribution in [2.75, 3.05) is 25.0 Å². The number of unbranched alkanes of at least 4 members (excludes halogenated alkanes) is 1. The average molecular weight is 307 g/mol. The third kappa shape index (κ3) is 4.94. The number of rotatable bonds is 9. The van der Waals surface area contributed by atoms with E-state index in [0.29, 0.717) is 24.8 Å². The van der Waals surface area contributed by atoms with Crippen LogP contribution >= 0.6 is 23.2 Å². The van der Waals surface area contributed by atoms with Crippen LogP contribution in [0.5, 0.6) is 0 Å². The fraction of sp³-hybridized carbons (Fsp3) is 0.600. The third-order valence-electron chi connectivity index (χ3n) is 3.32. The van der Waals surface area contributed by atoms with E-state index in [1.165, 1.54) is 12.1 Å². The van der Waals surface area contributed by atoms with Crippen LogP contribution in [0.3, 0.4) is 0 Å². The van der Waals surface area contributed by atoms with E-state index in [-0.39, 0.29) is 5.82 Å². The molecule has 4 heteroatoms. The van der Waals surface area contributed by atoms with Gasteiger partial charge in [-0.2, -0.15) is 0 Å². The summed E-state index contributed by atoms with van der Waals surface area (Å²) >= 11 is 12.2. The zero-order valence-electron chi connectivity index (χ0n) is 11.3. The second-order valence-corrected chi connectivity index (χ2v) is 5.31. The molecule has 0 aliphatic rings. The number of ether oxygens (including phenoxy) is 1. The second-order valence-electron chi connectivity index (χ2n) is 4.77. The SMILES string of the molecule is CCCCOCCC(CCl)(CCl)c1cccc(F)c1. The Morgan fingerprint density at radius 2 is 1.95 bits per heavy atom. The summed E-state index contributed by atoms with van der Waals surface area (Å²) in [7, 11) is 0. The molecule has 108 valence electrons. The number of hydrogen-bond donors (Lipinski definition) is 0. The van der Waals surface area contributed by atoms with Crippen LogP contribution in [0, 0.1) is 5.82 Å². The number of alkyl halides is 2. The maximum atomic E-state index is 13.3. The first-order chi connectivity index (χ1) is 9.18. The van der Waals surface area contributed by atoms with Gasteiger partial charge in [0.25, 0.3) is 0 Å². The molecule has 0 unspecified atom stereocenters. The van der Waals surface area contributed by atoms with Gasteiger partial charge in [-0.05, 0) is 30.5 Å². The molecular formula is C15H21Cl2FO. The Hall–Kier alpha value is -0.310. The van der Waals surface area contributed by atoms with E-state index in [4.69, 9.17) is 27.9 Å². The zero-order chi connectivity index (χ0) is 14.1. The van der Waals surface area contributed by atoms with Crippen LogP contribution in [-0.2, 0) is 10.2 Å². The predicted molar refractivity (Wildman–Crippen MR) is 79.9 cm³/mol. The van der Waals surface area contributed by atoms with Gasteiger partial charge in [0, 0.05) is 30.4 Å². The number of benzene rings is 1. The van der Waals surface area contributed by atoms with Gasteiger partial charge in [0.1, 0.15) is 5.82 Å². The third-order valence-corrected chi connectivity index (χ3v) is 4.34.